The molecule has 37 heavy (non-hydrogen) atoms. The van der Waals surface area contributed by atoms with Gasteiger partial charge in [-0.3, -0.25) is 14.6 Å². The quantitative estimate of drug-likeness (QED) is 0.535. The Kier molecular flexibility index (Phi) is 6.41. The molecule has 5 rings (SSSR count). The number of amidine groups is 1. The molecule has 1 fully saturated rings. The van der Waals surface area contributed by atoms with E-state index in [1.807, 2.05) is 57.2 Å². The van der Waals surface area contributed by atoms with Crippen LogP contribution in [0.25, 0.3) is 11.1 Å². The second-order valence-corrected chi connectivity index (χ2v) is 10.3. The number of pyridine rings is 1. The van der Waals surface area contributed by atoms with Crippen molar-refractivity contribution >= 4 is 17.6 Å². The fourth-order valence-electron chi connectivity index (χ4n) is 5.19. The first-order valence-corrected chi connectivity index (χ1v) is 12.5. The maximum atomic E-state index is 13.7. The van der Waals surface area contributed by atoms with Crippen molar-refractivity contribution in [3.05, 3.63) is 71.9 Å². The number of hydrogen-bond acceptors (Lipinski definition) is 7. The third-order valence-corrected chi connectivity index (χ3v) is 7.23. The first kappa shape index (κ1) is 24.8. The highest BCUT2D eigenvalue weighted by atomic mass is 16.5. The lowest BCUT2D eigenvalue weighted by Gasteiger charge is -2.29. The normalized spacial score (nSPS) is 24.3. The Morgan fingerprint density at radius 1 is 1.22 bits per heavy atom. The fourth-order valence-corrected chi connectivity index (χ4v) is 5.19. The highest BCUT2D eigenvalue weighted by Crippen LogP contribution is 2.35. The number of carbonyl (C=O) groups excluding carboxylic acids is 2. The SMILES string of the molecule is Cc1cc([C@@H](C(=O)N2C[C@H](O)C[C@H]2C2=N[C@](C)(c3ccc(-c4cccnc4)cc3)C(=O)N2)C(C)C)on1. The van der Waals surface area contributed by atoms with Gasteiger partial charge in [0.05, 0.1) is 17.8 Å². The zero-order chi connectivity index (χ0) is 26.3. The Balaban J connectivity index is 1.43. The van der Waals surface area contributed by atoms with E-state index < -0.39 is 23.6 Å². The highest BCUT2D eigenvalue weighted by Gasteiger charge is 2.48. The van der Waals surface area contributed by atoms with Crippen molar-refractivity contribution in [3.8, 4) is 11.1 Å². The molecule has 4 heterocycles. The molecule has 2 aromatic heterocycles. The average Bonchev–Trinajstić information content (AvgIpc) is 3.57. The molecule has 192 valence electrons. The molecule has 0 unspecified atom stereocenters. The number of hydrogen-bond donors (Lipinski definition) is 2. The monoisotopic (exact) mass is 501 g/mol. The number of nitrogens with zero attached hydrogens (tertiary/aromatic N) is 4. The summed E-state index contributed by atoms with van der Waals surface area (Å²) >= 11 is 0. The Labute approximate surface area is 215 Å². The Hall–Kier alpha value is -3.85. The Morgan fingerprint density at radius 2 is 1.97 bits per heavy atom. The standard InChI is InChI=1S/C28H31N5O4/c1-16(2)24(23-12-17(3)32-37-23)26(35)33-15-21(34)13-22(33)25-30-27(36)28(4,31-25)20-9-7-18(8-10-20)19-6-5-11-29-14-19/h5-12,14,16,21-22,24,34H,13,15H2,1-4H3,(H,30,31,36)/t21-,22+,24+,28-/m1/s1. The maximum absolute atomic E-state index is 13.7. The molecule has 9 nitrogen and oxygen atoms in total. The number of β-amino-alcohol motifs (C(OH)–C–C–N with tert-alkyl or cyclic N) is 1. The Bertz CT molecular complexity index is 1330. The van der Waals surface area contributed by atoms with E-state index in [4.69, 9.17) is 9.52 Å². The zero-order valence-electron chi connectivity index (χ0n) is 21.4. The van der Waals surface area contributed by atoms with E-state index in [1.165, 1.54) is 0 Å². The largest absolute Gasteiger partial charge is 0.391 e. The van der Waals surface area contributed by atoms with Crippen molar-refractivity contribution in [2.24, 2.45) is 10.9 Å². The molecule has 2 amide bonds. The second-order valence-electron chi connectivity index (χ2n) is 10.3. The summed E-state index contributed by atoms with van der Waals surface area (Å²) in [5.74, 6) is -0.172. The molecule has 1 saturated heterocycles. The number of carbonyl (C=O) groups is 2. The molecule has 4 atom stereocenters. The van der Waals surface area contributed by atoms with Gasteiger partial charge in [0.2, 0.25) is 5.91 Å². The minimum absolute atomic E-state index is 0.0538. The molecule has 1 aromatic carbocycles. The van der Waals surface area contributed by atoms with Crippen LogP contribution in [0.5, 0.6) is 0 Å². The predicted octanol–water partition coefficient (Wildman–Crippen LogP) is 3.19. The highest BCUT2D eigenvalue weighted by molar-refractivity contribution is 6.11. The smallest absolute Gasteiger partial charge is 0.257 e. The van der Waals surface area contributed by atoms with Crippen LogP contribution in [0.3, 0.4) is 0 Å². The molecule has 9 heteroatoms. The number of aliphatic hydroxyl groups excluding tert-OH is 1. The summed E-state index contributed by atoms with van der Waals surface area (Å²) in [6.07, 6.45) is 3.09. The van der Waals surface area contributed by atoms with Crippen molar-refractivity contribution in [1.82, 2.24) is 20.4 Å². The van der Waals surface area contributed by atoms with Crippen LogP contribution in [0.1, 0.15) is 50.1 Å². The number of amides is 2. The van der Waals surface area contributed by atoms with Crippen molar-refractivity contribution in [2.75, 3.05) is 6.54 Å². The number of benzene rings is 1. The predicted molar refractivity (Wildman–Crippen MR) is 138 cm³/mol. The fraction of sp³-hybridized carbons (Fsp3) is 0.393. The molecular weight excluding hydrogens is 470 g/mol. The van der Waals surface area contributed by atoms with Gasteiger partial charge in [-0.05, 0) is 42.5 Å². The summed E-state index contributed by atoms with van der Waals surface area (Å²) in [6, 6.07) is 12.7. The van der Waals surface area contributed by atoms with Gasteiger partial charge in [-0.25, -0.2) is 4.99 Å². The van der Waals surface area contributed by atoms with Crippen molar-refractivity contribution in [1.29, 1.82) is 0 Å². The molecule has 0 aliphatic carbocycles. The summed E-state index contributed by atoms with van der Waals surface area (Å²) in [5, 5.41) is 17.4. The van der Waals surface area contributed by atoms with Crippen molar-refractivity contribution < 1.29 is 19.2 Å². The van der Waals surface area contributed by atoms with Gasteiger partial charge in [-0.1, -0.05) is 49.3 Å². The van der Waals surface area contributed by atoms with Crippen molar-refractivity contribution in [2.45, 2.75) is 57.7 Å². The number of aromatic nitrogens is 2. The van der Waals surface area contributed by atoms with E-state index in [1.54, 1.807) is 30.3 Å². The first-order chi connectivity index (χ1) is 17.7. The maximum Gasteiger partial charge on any atom is 0.257 e. The van der Waals surface area contributed by atoms with Gasteiger partial charge in [-0.2, -0.15) is 0 Å². The topological polar surface area (TPSA) is 121 Å². The molecule has 0 bridgehead atoms. The second kappa shape index (κ2) is 9.55. The van der Waals surface area contributed by atoms with Gasteiger partial charge in [0.1, 0.15) is 17.5 Å². The summed E-state index contributed by atoms with van der Waals surface area (Å²) < 4.78 is 5.44. The van der Waals surface area contributed by atoms with Crippen LogP contribution in [-0.4, -0.2) is 56.5 Å². The summed E-state index contributed by atoms with van der Waals surface area (Å²) in [6.45, 7) is 7.63. The lowest BCUT2D eigenvalue weighted by molar-refractivity contribution is -0.134. The molecular formula is C28H31N5O4. The minimum Gasteiger partial charge on any atom is -0.391 e. The molecule has 0 saturated carbocycles. The Morgan fingerprint density at radius 3 is 2.59 bits per heavy atom. The molecule has 2 aliphatic rings. The summed E-state index contributed by atoms with van der Waals surface area (Å²) in [7, 11) is 0. The van der Waals surface area contributed by atoms with E-state index in [9.17, 15) is 14.7 Å². The molecule has 2 N–H and O–H groups in total. The van der Waals surface area contributed by atoms with Gasteiger partial charge in [0, 0.05) is 31.4 Å². The average molecular weight is 502 g/mol. The van der Waals surface area contributed by atoms with Gasteiger partial charge < -0.3 is 19.8 Å². The van der Waals surface area contributed by atoms with Crippen LogP contribution in [-0.2, 0) is 15.1 Å². The molecule has 0 spiro atoms. The van der Waals surface area contributed by atoms with E-state index >= 15 is 0 Å². The lowest BCUT2D eigenvalue weighted by Crippen LogP contribution is -2.48. The third-order valence-electron chi connectivity index (χ3n) is 7.23. The molecule has 3 aromatic rings. The number of aryl methyl sites for hydroxylation is 1. The number of aliphatic imine (C=N–C) groups is 1. The number of rotatable bonds is 6. The van der Waals surface area contributed by atoms with Crippen LogP contribution in [0.2, 0.25) is 0 Å². The van der Waals surface area contributed by atoms with Crippen LogP contribution in [0.15, 0.2) is 64.4 Å². The number of aliphatic hydroxyl groups is 1. The van der Waals surface area contributed by atoms with E-state index in [2.05, 4.69) is 15.5 Å². The van der Waals surface area contributed by atoms with Gasteiger partial charge >= 0.3 is 0 Å². The number of nitrogens with one attached hydrogen (secondary N) is 1. The zero-order valence-corrected chi connectivity index (χ0v) is 21.4. The van der Waals surface area contributed by atoms with Gasteiger partial charge in [0.25, 0.3) is 5.91 Å². The van der Waals surface area contributed by atoms with Crippen molar-refractivity contribution in [3.63, 3.8) is 0 Å². The van der Waals surface area contributed by atoms with Crippen LogP contribution in [0.4, 0.5) is 0 Å². The van der Waals surface area contributed by atoms with Gasteiger partial charge in [0.15, 0.2) is 5.54 Å². The summed E-state index contributed by atoms with van der Waals surface area (Å²) in [5.41, 5.74) is 2.26. The molecule has 2 aliphatic heterocycles. The third kappa shape index (κ3) is 4.55. The molecule has 0 radical (unpaired) electrons. The van der Waals surface area contributed by atoms with E-state index in [0.29, 0.717) is 23.7 Å². The van der Waals surface area contributed by atoms with Crippen LogP contribution < -0.4 is 5.32 Å². The summed E-state index contributed by atoms with van der Waals surface area (Å²) in [4.78, 5) is 37.6. The van der Waals surface area contributed by atoms with Crippen LogP contribution >= 0.6 is 0 Å². The van der Waals surface area contributed by atoms with E-state index in [-0.39, 0.29) is 24.3 Å². The number of likely N-dealkylation sites (tertiary alicyclic amines) is 1. The van der Waals surface area contributed by atoms with Crippen LogP contribution in [0, 0.1) is 12.8 Å². The van der Waals surface area contributed by atoms with Gasteiger partial charge in [-0.15, -0.1) is 0 Å². The lowest BCUT2D eigenvalue weighted by atomic mass is 9.91. The first-order valence-electron chi connectivity index (χ1n) is 12.5. The van der Waals surface area contributed by atoms with E-state index in [0.717, 1.165) is 16.7 Å². The minimum atomic E-state index is -1.15.